The van der Waals surface area contributed by atoms with Gasteiger partial charge in [-0.1, -0.05) is 0 Å². The Kier molecular flexibility index (Phi) is 3.42. The first-order valence-corrected chi connectivity index (χ1v) is 7.18. The van der Waals surface area contributed by atoms with Crippen molar-refractivity contribution in [3.63, 3.8) is 0 Å². The van der Waals surface area contributed by atoms with Crippen molar-refractivity contribution in [2.75, 3.05) is 18.0 Å². The van der Waals surface area contributed by atoms with Crippen LogP contribution in [0.4, 0.5) is 5.82 Å². The third-order valence-corrected chi connectivity index (χ3v) is 3.85. The lowest BCUT2D eigenvalue weighted by atomic mass is 9.95. The van der Waals surface area contributed by atoms with E-state index in [0.29, 0.717) is 5.92 Å². The number of anilines is 1. The monoisotopic (exact) mass is 271 g/mol. The molecule has 0 bridgehead atoms. The Morgan fingerprint density at radius 2 is 2.10 bits per heavy atom. The summed E-state index contributed by atoms with van der Waals surface area (Å²) in [7, 11) is 1.97. The average Bonchev–Trinajstić information content (AvgIpc) is 2.85. The van der Waals surface area contributed by atoms with Gasteiger partial charge in [-0.05, 0) is 32.8 Å². The van der Waals surface area contributed by atoms with E-state index < -0.39 is 0 Å². The SMILES string of the molecule is Cc1cc(N2CCC[C@H](c3ccn(C)n3)C2)nc(C)n1. The Balaban J connectivity index is 1.81. The van der Waals surface area contributed by atoms with Gasteiger partial charge in [0.15, 0.2) is 0 Å². The molecule has 0 unspecified atom stereocenters. The van der Waals surface area contributed by atoms with Crippen LogP contribution in [0.2, 0.25) is 0 Å². The van der Waals surface area contributed by atoms with Gasteiger partial charge in [0.25, 0.3) is 0 Å². The van der Waals surface area contributed by atoms with Crippen LogP contribution in [0.1, 0.15) is 36.0 Å². The predicted octanol–water partition coefficient (Wildman–Crippen LogP) is 2.21. The Morgan fingerprint density at radius 1 is 1.25 bits per heavy atom. The first kappa shape index (κ1) is 13.1. The molecular weight excluding hydrogens is 250 g/mol. The van der Waals surface area contributed by atoms with Gasteiger partial charge in [-0.15, -0.1) is 0 Å². The molecule has 20 heavy (non-hydrogen) atoms. The number of rotatable bonds is 2. The summed E-state index contributed by atoms with van der Waals surface area (Å²) in [6.45, 7) is 6.04. The van der Waals surface area contributed by atoms with Gasteiger partial charge in [0.1, 0.15) is 11.6 Å². The van der Waals surface area contributed by atoms with E-state index in [0.717, 1.165) is 30.4 Å². The number of aryl methyl sites for hydroxylation is 3. The van der Waals surface area contributed by atoms with Gasteiger partial charge in [-0.25, -0.2) is 9.97 Å². The van der Waals surface area contributed by atoms with Crippen LogP contribution >= 0.6 is 0 Å². The Morgan fingerprint density at radius 3 is 2.80 bits per heavy atom. The maximum absolute atomic E-state index is 4.58. The molecule has 2 aromatic rings. The van der Waals surface area contributed by atoms with E-state index in [9.17, 15) is 0 Å². The number of aromatic nitrogens is 4. The molecule has 0 spiro atoms. The van der Waals surface area contributed by atoms with E-state index >= 15 is 0 Å². The van der Waals surface area contributed by atoms with Crippen LogP contribution in [0.25, 0.3) is 0 Å². The molecule has 5 heteroatoms. The quantitative estimate of drug-likeness (QED) is 0.840. The molecule has 1 fully saturated rings. The van der Waals surface area contributed by atoms with E-state index in [4.69, 9.17) is 0 Å². The van der Waals surface area contributed by atoms with Crippen LogP contribution in [-0.4, -0.2) is 32.8 Å². The van der Waals surface area contributed by atoms with Gasteiger partial charge in [-0.3, -0.25) is 4.68 Å². The van der Waals surface area contributed by atoms with Crippen molar-refractivity contribution < 1.29 is 0 Å². The fraction of sp³-hybridized carbons (Fsp3) is 0.533. The van der Waals surface area contributed by atoms with Crippen LogP contribution in [0, 0.1) is 13.8 Å². The molecule has 3 rings (SSSR count). The number of piperidine rings is 1. The van der Waals surface area contributed by atoms with Crippen LogP contribution < -0.4 is 4.90 Å². The first-order valence-electron chi connectivity index (χ1n) is 7.18. The number of hydrogen-bond acceptors (Lipinski definition) is 4. The van der Waals surface area contributed by atoms with E-state index in [2.05, 4.69) is 32.1 Å². The van der Waals surface area contributed by atoms with Crippen LogP contribution in [0.5, 0.6) is 0 Å². The molecule has 0 aromatic carbocycles. The molecule has 0 N–H and O–H groups in total. The third kappa shape index (κ3) is 2.66. The molecule has 0 saturated carbocycles. The Bertz CT molecular complexity index is 584. The lowest BCUT2D eigenvalue weighted by Crippen LogP contribution is -2.35. The summed E-state index contributed by atoms with van der Waals surface area (Å²) in [6, 6.07) is 4.21. The van der Waals surface area contributed by atoms with Crippen LogP contribution in [-0.2, 0) is 7.05 Å². The second-order valence-electron chi connectivity index (χ2n) is 5.61. The van der Waals surface area contributed by atoms with Gasteiger partial charge < -0.3 is 4.90 Å². The fourth-order valence-electron chi connectivity index (χ4n) is 2.94. The second kappa shape index (κ2) is 5.23. The molecule has 106 valence electrons. The zero-order valence-corrected chi connectivity index (χ0v) is 12.4. The maximum Gasteiger partial charge on any atom is 0.132 e. The van der Waals surface area contributed by atoms with Gasteiger partial charge in [0.2, 0.25) is 0 Å². The first-order chi connectivity index (χ1) is 9.61. The molecule has 0 radical (unpaired) electrons. The minimum absolute atomic E-state index is 0.500. The van der Waals surface area contributed by atoms with Crippen molar-refractivity contribution in [3.05, 3.63) is 35.5 Å². The molecular formula is C15H21N5. The summed E-state index contributed by atoms with van der Waals surface area (Å²) in [4.78, 5) is 11.3. The maximum atomic E-state index is 4.58. The average molecular weight is 271 g/mol. The summed E-state index contributed by atoms with van der Waals surface area (Å²) >= 11 is 0. The van der Waals surface area contributed by atoms with E-state index in [1.54, 1.807) is 0 Å². The normalized spacial score (nSPS) is 19.4. The van der Waals surface area contributed by atoms with Crippen molar-refractivity contribution in [2.24, 2.45) is 7.05 Å². The number of hydrogen-bond donors (Lipinski definition) is 0. The zero-order valence-electron chi connectivity index (χ0n) is 12.4. The fourth-order valence-corrected chi connectivity index (χ4v) is 2.94. The van der Waals surface area contributed by atoms with Gasteiger partial charge >= 0.3 is 0 Å². The smallest absolute Gasteiger partial charge is 0.132 e. The summed E-state index contributed by atoms with van der Waals surface area (Å²) in [5.41, 5.74) is 2.23. The van der Waals surface area contributed by atoms with Crippen LogP contribution in [0.3, 0.4) is 0 Å². The minimum Gasteiger partial charge on any atom is -0.356 e. The van der Waals surface area contributed by atoms with E-state index in [1.165, 1.54) is 18.5 Å². The lowest BCUT2D eigenvalue weighted by molar-refractivity contribution is 0.493. The van der Waals surface area contributed by atoms with Gasteiger partial charge in [0, 0.05) is 44.0 Å². The highest BCUT2D eigenvalue weighted by molar-refractivity contribution is 5.41. The zero-order chi connectivity index (χ0) is 14.1. The Labute approximate surface area is 119 Å². The molecule has 0 amide bonds. The van der Waals surface area contributed by atoms with E-state index in [1.807, 2.05) is 31.8 Å². The van der Waals surface area contributed by atoms with Crippen molar-refractivity contribution in [2.45, 2.75) is 32.6 Å². The highest BCUT2D eigenvalue weighted by Gasteiger charge is 2.24. The second-order valence-corrected chi connectivity index (χ2v) is 5.61. The summed E-state index contributed by atoms with van der Waals surface area (Å²) in [5.74, 6) is 2.40. The summed E-state index contributed by atoms with van der Waals surface area (Å²) < 4.78 is 1.88. The molecule has 0 aliphatic carbocycles. The van der Waals surface area contributed by atoms with Crippen molar-refractivity contribution >= 4 is 5.82 Å². The minimum atomic E-state index is 0.500. The van der Waals surface area contributed by atoms with Crippen molar-refractivity contribution in [1.82, 2.24) is 19.7 Å². The van der Waals surface area contributed by atoms with E-state index in [-0.39, 0.29) is 0 Å². The number of nitrogens with zero attached hydrogens (tertiary/aromatic N) is 5. The van der Waals surface area contributed by atoms with Crippen molar-refractivity contribution in [3.8, 4) is 0 Å². The highest BCUT2D eigenvalue weighted by atomic mass is 15.3. The third-order valence-electron chi connectivity index (χ3n) is 3.85. The molecule has 2 aromatic heterocycles. The van der Waals surface area contributed by atoms with Gasteiger partial charge in [0.05, 0.1) is 5.69 Å². The van der Waals surface area contributed by atoms with Crippen LogP contribution in [0.15, 0.2) is 18.3 Å². The lowest BCUT2D eigenvalue weighted by Gasteiger charge is -2.33. The predicted molar refractivity (Wildman–Crippen MR) is 78.9 cm³/mol. The topological polar surface area (TPSA) is 46.8 Å². The molecule has 1 aliphatic rings. The largest absolute Gasteiger partial charge is 0.356 e. The molecule has 1 aliphatic heterocycles. The Hall–Kier alpha value is -1.91. The molecule has 1 atom stereocenters. The summed E-state index contributed by atoms with van der Waals surface area (Å²) in [6.07, 6.45) is 4.41. The summed E-state index contributed by atoms with van der Waals surface area (Å²) in [5, 5.41) is 4.55. The standard InChI is InChI=1S/C15H21N5/c1-11-9-15(17-12(2)16-11)20-7-4-5-13(10-20)14-6-8-19(3)18-14/h6,8-9,13H,4-5,7,10H2,1-3H3/t13-/m0/s1. The molecule has 1 saturated heterocycles. The van der Waals surface area contributed by atoms with Crippen molar-refractivity contribution in [1.29, 1.82) is 0 Å². The molecule has 3 heterocycles. The molecule has 5 nitrogen and oxygen atoms in total. The van der Waals surface area contributed by atoms with Gasteiger partial charge in [-0.2, -0.15) is 5.10 Å². The highest BCUT2D eigenvalue weighted by Crippen LogP contribution is 2.28.